The van der Waals surface area contributed by atoms with Crippen LogP contribution in [0, 0.1) is 0 Å². The highest BCUT2D eigenvalue weighted by Crippen LogP contribution is 2.30. The first-order valence-electron chi connectivity index (χ1n) is 7.65. The van der Waals surface area contributed by atoms with Gasteiger partial charge in [0.2, 0.25) is 15.9 Å². The van der Waals surface area contributed by atoms with Gasteiger partial charge in [-0.25, -0.2) is 13.1 Å². The van der Waals surface area contributed by atoms with Crippen molar-refractivity contribution in [3.05, 3.63) is 29.8 Å². The second-order valence-corrected chi connectivity index (χ2v) is 7.52. The summed E-state index contributed by atoms with van der Waals surface area (Å²) >= 11 is 0. The number of rotatable bonds is 5. The summed E-state index contributed by atoms with van der Waals surface area (Å²) in [7, 11) is -4.19. The van der Waals surface area contributed by atoms with Gasteiger partial charge in [-0.05, 0) is 31.0 Å². The maximum Gasteiger partial charge on any atom is 0.416 e. The van der Waals surface area contributed by atoms with Crippen LogP contribution in [0.15, 0.2) is 29.2 Å². The van der Waals surface area contributed by atoms with E-state index >= 15 is 0 Å². The minimum atomic E-state index is -4.64. The average molecular weight is 364 g/mol. The highest BCUT2D eigenvalue weighted by atomic mass is 32.2. The minimum Gasteiger partial charge on any atom is -0.352 e. The molecular formula is C15H19F3N2O3S. The zero-order chi connectivity index (χ0) is 17.8. The molecule has 0 spiro atoms. The highest BCUT2D eigenvalue weighted by Gasteiger charge is 2.31. The number of sulfonamides is 1. The Morgan fingerprint density at radius 1 is 1.17 bits per heavy atom. The average Bonchev–Trinajstić information content (AvgIpc) is 2.53. The molecule has 0 bridgehead atoms. The largest absolute Gasteiger partial charge is 0.416 e. The lowest BCUT2D eigenvalue weighted by molar-refractivity contribution is -0.137. The predicted octanol–water partition coefficient (Wildman–Crippen LogP) is 2.43. The Hall–Kier alpha value is -1.61. The van der Waals surface area contributed by atoms with Crippen LogP contribution in [-0.4, -0.2) is 26.9 Å². The van der Waals surface area contributed by atoms with Gasteiger partial charge in [-0.2, -0.15) is 13.2 Å². The van der Waals surface area contributed by atoms with E-state index in [4.69, 9.17) is 0 Å². The number of hydrogen-bond acceptors (Lipinski definition) is 3. The van der Waals surface area contributed by atoms with Crippen molar-refractivity contribution in [1.82, 2.24) is 10.0 Å². The SMILES string of the molecule is O=C(CNS(=O)(=O)c1cccc(C(F)(F)F)c1)NC1CCCCC1. The van der Waals surface area contributed by atoms with Crippen LogP contribution in [0.2, 0.25) is 0 Å². The molecule has 2 N–H and O–H groups in total. The van der Waals surface area contributed by atoms with Crippen LogP contribution in [-0.2, 0) is 21.0 Å². The maximum atomic E-state index is 12.7. The zero-order valence-corrected chi connectivity index (χ0v) is 13.7. The number of halogens is 3. The Balaban J connectivity index is 1.97. The predicted molar refractivity (Wildman–Crippen MR) is 81.6 cm³/mol. The Labute approximate surface area is 138 Å². The van der Waals surface area contributed by atoms with Gasteiger partial charge in [0, 0.05) is 6.04 Å². The molecule has 0 saturated heterocycles. The number of amides is 1. The van der Waals surface area contributed by atoms with Crippen LogP contribution in [0.1, 0.15) is 37.7 Å². The molecule has 1 aromatic rings. The molecule has 2 rings (SSSR count). The Morgan fingerprint density at radius 2 is 1.83 bits per heavy atom. The first-order valence-corrected chi connectivity index (χ1v) is 9.13. The molecule has 1 saturated carbocycles. The highest BCUT2D eigenvalue weighted by molar-refractivity contribution is 7.89. The fraction of sp³-hybridized carbons (Fsp3) is 0.533. The number of carbonyl (C=O) groups is 1. The number of hydrogen-bond donors (Lipinski definition) is 2. The third-order valence-electron chi connectivity index (χ3n) is 3.86. The van der Waals surface area contributed by atoms with Gasteiger partial charge < -0.3 is 5.32 Å². The molecule has 0 aliphatic heterocycles. The van der Waals surface area contributed by atoms with E-state index in [-0.39, 0.29) is 6.04 Å². The van der Waals surface area contributed by atoms with Crippen molar-refractivity contribution in [2.24, 2.45) is 0 Å². The molecule has 0 heterocycles. The summed E-state index contributed by atoms with van der Waals surface area (Å²) in [5.41, 5.74) is -1.06. The van der Waals surface area contributed by atoms with Gasteiger partial charge in [0.1, 0.15) is 0 Å². The van der Waals surface area contributed by atoms with E-state index in [2.05, 4.69) is 5.32 Å². The van der Waals surface area contributed by atoms with Crippen molar-refractivity contribution in [2.75, 3.05) is 6.54 Å². The molecule has 0 atom stereocenters. The molecule has 134 valence electrons. The normalized spacial score (nSPS) is 16.8. The van der Waals surface area contributed by atoms with Gasteiger partial charge in [-0.3, -0.25) is 4.79 Å². The minimum absolute atomic E-state index is 0.0318. The number of nitrogens with one attached hydrogen (secondary N) is 2. The molecule has 1 aromatic carbocycles. The molecule has 1 aliphatic carbocycles. The number of carbonyl (C=O) groups excluding carboxylic acids is 1. The van der Waals surface area contributed by atoms with Crippen molar-refractivity contribution in [3.8, 4) is 0 Å². The van der Waals surface area contributed by atoms with E-state index in [1.54, 1.807) is 0 Å². The number of benzene rings is 1. The van der Waals surface area contributed by atoms with Crippen LogP contribution in [0.3, 0.4) is 0 Å². The monoisotopic (exact) mass is 364 g/mol. The van der Waals surface area contributed by atoms with E-state index in [0.29, 0.717) is 6.07 Å². The summed E-state index contributed by atoms with van der Waals surface area (Å²) in [6, 6.07) is 3.43. The molecular weight excluding hydrogens is 345 g/mol. The van der Waals surface area contributed by atoms with Crippen LogP contribution in [0.5, 0.6) is 0 Å². The molecule has 5 nitrogen and oxygen atoms in total. The Morgan fingerprint density at radius 3 is 2.46 bits per heavy atom. The van der Waals surface area contributed by atoms with Crippen LogP contribution in [0.4, 0.5) is 13.2 Å². The van der Waals surface area contributed by atoms with Crippen LogP contribution < -0.4 is 10.0 Å². The fourth-order valence-electron chi connectivity index (χ4n) is 2.61. The quantitative estimate of drug-likeness (QED) is 0.843. The third-order valence-corrected chi connectivity index (χ3v) is 5.26. The van der Waals surface area contributed by atoms with E-state index in [1.165, 1.54) is 0 Å². The summed E-state index contributed by atoms with van der Waals surface area (Å²) in [5, 5.41) is 2.73. The van der Waals surface area contributed by atoms with E-state index in [0.717, 1.165) is 50.3 Å². The fourth-order valence-corrected chi connectivity index (χ4v) is 3.64. The van der Waals surface area contributed by atoms with Gasteiger partial charge in [0.25, 0.3) is 0 Å². The van der Waals surface area contributed by atoms with Crippen molar-refractivity contribution in [2.45, 2.75) is 49.2 Å². The lowest BCUT2D eigenvalue weighted by atomic mass is 9.95. The second kappa shape index (κ2) is 7.52. The second-order valence-electron chi connectivity index (χ2n) is 5.75. The first kappa shape index (κ1) is 18.7. The van der Waals surface area contributed by atoms with Crippen LogP contribution in [0.25, 0.3) is 0 Å². The molecule has 1 fully saturated rings. The van der Waals surface area contributed by atoms with E-state index < -0.39 is 39.1 Å². The molecule has 0 radical (unpaired) electrons. The molecule has 1 amide bonds. The third kappa shape index (κ3) is 5.20. The molecule has 24 heavy (non-hydrogen) atoms. The van der Waals surface area contributed by atoms with Crippen LogP contribution >= 0.6 is 0 Å². The zero-order valence-electron chi connectivity index (χ0n) is 12.9. The van der Waals surface area contributed by atoms with Gasteiger partial charge in [0.05, 0.1) is 17.0 Å². The lowest BCUT2D eigenvalue weighted by Crippen LogP contribution is -2.42. The first-order chi connectivity index (χ1) is 11.2. The molecule has 0 unspecified atom stereocenters. The van der Waals surface area contributed by atoms with E-state index in [1.807, 2.05) is 4.72 Å². The lowest BCUT2D eigenvalue weighted by Gasteiger charge is -2.22. The van der Waals surface area contributed by atoms with Crippen molar-refractivity contribution in [1.29, 1.82) is 0 Å². The summed E-state index contributed by atoms with van der Waals surface area (Å²) in [6.45, 7) is -0.505. The summed E-state index contributed by atoms with van der Waals surface area (Å²) in [4.78, 5) is 11.3. The smallest absolute Gasteiger partial charge is 0.352 e. The maximum absolute atomic E-state index is 12.7. The summed E-state index contributed by atoms with van der Waals surface area (Å²) < 4.78 is 64.1. The molecule has 1 aliphatic rings. The topological polar surface area (TPSA) is 75.3 Å². The Bertz CT molecular complexity index is 683. The van der Waals surface area contributed by atoms with Crippen molar-refractivity contribution in [3.63, 3.8) is 0 Å². The van der Waals surface area contributed by atoms with Crippen molar-refractivity contribution >= 4 is 15.9 Å². The summed E-state index contributed by atoms with van der Waals surface area (Å²) in [6.07, 6.45) is 0.221. The number of alkyl halides is 3. The molecule has 9 heteroatoms. The van der Waals surface area contributed by atoms with Gasteiger partial charge in [-0.15, -0.1) is 0 Å². The van der Waals surface area contributed by atoms with E-state index in [9.17, 15) is 26.4 Å². The van der Waals surface area contributed by atoms with Gasteiger partial charge in [-0.1, -0.05) is 25.3 Å². The van der Waals surface area contributed by atoms with Crippen molar-refractivity contribution < 1.29 is 26.4 Å². The van der Waals surface area contributed by atoms with Gasteiger partial charge in [0.15, 0.2) is 0 Å². The molecule has 0 aromatic heterocycles. The standard InChI is InChI=1S/C15H19F3N2O3S/c16-15(17,18)11-5-4-8-13(9-11)24(22,23)19-10-14(21)20-12-6-2-1-3-7-12/h4-5,8-9,12,19H,1-3,6-7,10H2,(H,20,21). The van der Waals surface area contributed by atoms with Gasteiger partial charge >= 0.3 is 6.18 Å². The summed E-state index contributed by atoms with van der Waals surface area (Å²) in [5.74, 6) is -0.488. The Kier molecular flexibility index (Phi) is 5.87.